The molecular weight excluding hydrogens is 322 g/mol. The van der Waals surface area contributed by atoms with Crippen LogP contribution in [0.1, 0.15) is 53.4 Å². The lowest BCUT2D eigenvalue weighted by molar-refractivity contribution is -0.339. The number of ether oxygens (including phenoxy) is 4. The number of hydrogen-bond acceptors (Lipinski definition) is 5. The molecule has 0 bridgehead atoms. The van der Waals surface area contributed by atoms with Crippen molar-refractivity contribution in [3.05, 3.63) is 0 Å². The zero-order chi connectivity index (χ0) is 18.0. The van der Waals surface area contributed by atoms with Crippen LogP contribution in [-0.2, 0) is 18.9 Å². The van der Waals surface area contributed by atoms with Crippen molar-refractivity contribution >= 4 is 6.09 Å². The van der Waals surface area contributed by atoms with Gasteiger partial charge in [0.1, 0.15) is 18.3 Å². The van der Waals surface area contributed by atoms with E-state index < -0.39 is 11.4 Å². The van der Waals surface area contributed by atoms with Crippen LogP contribution in [0.2, 0.25) is 0 Å². The quantitative estimate of drug-likeness (QED) is 0.764. The first kappa shape index (κ1) is 17.6. The maximum Gasteiger partial charge on any atom is 0.410 e. The fourth-order valence-corrected chi connectivity index (χ4v) is 4.67. The minimum absolute atomic E-state index is 0.0527. The second-order valence-electron chi connectivity index (χ2n) is 9.33. The number of nitrogens with zero attached hydrogens (tertiary/aromatic N) is 1. The summed E-state index contributed by atoms with van der Waals surface area (Å²) in [6.07, 6.45) is 4.21. The summed E-state index contributed by atoms with van der Waals surface area (Å²) in [4.78, 5) is 14.9. The second kappa shape index (κ2) is 5.57. The standard InChI is InChI=1S/C19H31NO5/c1-17(2,3)25-16(21)20-10-13-15(23-11-18(4,22-5)24-13)14(12-6-7-12)19(20)8-9-19/h12-15H,6-11H2,1-5H3. The molecule has 4 unspecified atom stereocenters. The fraction of sp³-hybridized carbons (Fsp3) is 0.947. The second-order valence-corrected chi connectivity index (χ2v) is 9.33. The highest BCUT2D eigenvalue weighted by molar-refractivity contribution is 5.70. The maximum atomic E-state index is 12.9. The lowest BCUT2D eigenvalue weighted by Gasteiger charge is -2.54. The molecule has 0 N–H and O–H groups in total. The molecule has 2 aliphatic heterocycles. The Bertz CT molecular complexity index is 551. The molecule has 0 aromatic rings. The Morgan fingerprint density at radius 2 is 1.92 bits per heavy atom. The van der Waals surface area contributed by atoms with Gasteiger partial charge in [0.05, 0.1) is 18.2 Å². The number of amides is 1. The van der Waals surface area contributed by atoms with Crippen molar-refractivity contribution in [2.75, 3.05) is 20.3 Å². The summed E-state index contributed by atoms with van der Waals surface area (Å²) >= 11 is 0. The first-order valence-corrected chi connectivity index (χ1v) is 9.53. The van der Waals surface area contributed by atoms with E-state index in [1.807, 2.05) is 32.6 Å². The van der Waals surface area contributed by atoms with Gasteiger partial charge in [-0.05, 0) is 59.3 Å². The molecule has 2 saturated heterocycles. The van der Waals surface area contributed by atoms with Crippen LogP contribution in [0.25, 0.3) is 0 Å². The van der Waals surface area contributed by atoms with Crippen LogP contribution >= 0.6 is 0 Å². The van der Waals surface area contributed by atoms with Crippen molar-refractivity contribution in [1.29, 1.82) is 0 Å². The number of methoxy groups -OCH3 is 1. The van der Waals surface area contributed by atoms with Gasteiger partial charge in [0, 0.05) is 13.0 Å². The van der Waals surface area contributed by atoms with E-state index in [1.165, 1.54) is 12.8 Å². The number of hydrogen-bond donors (Lipinski definition) is 0. The summed E-state index contributed by atoms with van der Waals surface area (Å²) < 4.78 is 23.8. The predicted octanol–water partition coefficient (Wildman–Crippen LogP) is 2.94. The molecule has 1 spiro atoms. The minimum Gasteiger partial charge on any atom is -0.444 e. The topological polar surface area (TPSA) is 57.2 Å². The third kappa shape index (κ3) is 3.06. The summed E-state index contributed by atoms with van der Waals surface area (Å²) in [7, 11) is 1.64. The molecule has 25 heavy (non-hydrogen) atoms. The number of carbonyl (C=O) groups excluding carboxylic acids is 1. The molecule has 142 valence electrons. The molecule has 1 amide bonds. The van der Waals surface area contributed by atoms with E-state index in [9.17, 15) is 4.79 Å². The van der Waals surface area contributed by atoms with Gasteiger partial charge in [-0.3, -0.25) is 4.90 Å². The third-order valence-electron chi connectivity index (χ3n) is 6.12. The first-order valence-electron chi connectivity index (χ1n) is 9.53. The van der Waals surface area contributed by atoms with Crippen molar-refractivity contribution < 1.29 is 23.7 Å². The molecule has 2 saturated carbocycles. The Morgan fingerprint density at radius 1 is 1.24 bits per heavy atom. The van der Waals surface area contributed by atoms with E-state index >= 15 is 0 Å². The third-order valence-corrected chi connectivity index (χ3v) is 6.12. The maximum absolute atomic E-state index is 12.9. The average Bonchev–Trinajstić information content (AvgIpc) is 3.41. The Hall–Kier alpha value is -0.850. The molecule has 0 aromatic carbocycles. The van der Waals surface area contributed by atoms with Gasteiger partial charge in [-0.25, -0.2) is 4.79 Å². The lowest BCUT2D eigenvalue weighted by atomic mass is 9.78. The fourth-order valence-electron chi connectivity index (χ4n) is 4.67. The molecule has 0 aromatic heterocycles. The highest BCUT2D eigenvalue weighted by atomic mass is 16.7. The normalized spacial score (nSPS) is 39.9. The molecule has 4 aliphatic rings. The van der Waals surface area contributed by atoms with Crippen molar-refractivity contribution in [1.82, 2.24) is 4.90 Å². The molecular formula is C19H31NO5. The summed E-state index contributed by atoms with van der Waals surface area (Å²) in [6, 6.07) is 0. The van der Waals surface area contributed by atoms with Gasteiger partial charge in [-0.2, -0.15) is 0 Å². The highest BCUT2D eigenvalue weighted by Gasteiger charge is 2.67. The van der Waals surface area contributed by atoms with Crippen LogP contribution in [-0.4, -0.2) is 60.4 Å². The smallest absolute Gasteiger partial charge is 0.410 e. The molecule has 6 heteroatoms. The number of piperidine rings is 1. The van der Waals surface area contributed by atoms with Gasteiger partial charge < -0.3 is 18.9 Å². The number of fused-ring (bicyclic) bond motifs is 1. The summed E-state index contributed by atoms with van der Waals surface area (Å²) in [5.74, 6) is 0.235. The highest BCUT2D eigenvalue weighted by Crippen LogP contribution is 2.61. The van der Waals surface area contributed by atoms with E-state index in [-0.39, 0.29) is 23.8 Å². The Morgan fingerprint density at radius 3 is 2.44 bits per heavy atom. The van der Waals surface area contributed by atoms with Crippen LogP contribution in [0, 0.1) is 11.8 Å². The van der Waals surface area contributed by atoms with E-state index in [0.717, 1.165) is 12.8 Å². The van der Waals surface area contributed by atoms with Crippen LogP contribution in [0.15, 0.2) is 0 Å². The SMILES string of the molecule is COC1(C)COC2C(CN(C(=O)OC(C)(C)C)C3(CC3)C2C2CC2)O1. The summed E-state index contributed by atoms with van der Waals surface area (Å²) in [5, 5.41) is 0. The van der Waals surface area contributed by atoms with E-state index in [4.69, 9.17) is 18.9 Å². The van der Waals surface area contributed by atoms with Gasteiger partial charge in [0.15, 0.2) is 5.79 Å². The molecule has 4 fully saturated rings. The van der Waals surface area contributed by atoms with Crippen molar-refractivity contribution in [3.8, 4) is 0 Å². The largest absolute Gasteiger partial charge is 0.444 e. The van der Waals surface area contributed by atoms with Gasteiger partial charge >= 0.3 is 6.09 Å². The van der Waals surface area contributed by atoms with Crippen LogP contribution in [0.3, 0.4) is 0 Å². The van der Waals surface area contributed by atoms with Crippen LogP contribution in [0.4, 0.5) is 4.79 Å². The van der Waals surface area contributed by atoms with E-state index in [2.05, 4.69) is 0 Å². The first-order chi connectivity index (χ1) is 11.7. The summed E-state index contributed by atoms with van der Waals surface area (Å²) in [6.45, 7) is 8.60. The number of rotatable bonds is 2. The van der Waals surface area contributed by atoms with Gasteiger partial charge in [-0.1, -0.05) is 0 Å². The Balaban J connectivity index is 1.61. The zero-order valence-electron chi connectivity index (χ0n) is 16.0. The Labute approximate surface area is 150 Å². The van der Waals surface area contributed by atoms with Gasteiger partial charge in [-0.15, -0.1) is 0 Å². The zero-order valence-corrected chi connectivity index (χ0v) is 16.0. The average molecular weight is 353 g/mol. The molecule has 6 nitrogen and oxygen atoms in total. The van der Waals surface area contributed by atoms with Crippen molar-refractivity contribution in [2.45, 2.75) is 82.5 Å². The van der Waals surface area contributed by atoms with Crippen LogP contribution < -0.4 is 0 Å². The number of carbonyl (C=O) groups is 1. The number of likely N-dealkylation sites (tertiary alicyclic amines) is 1. The predicted molar refractivity (Wildman–Crippen MR) is 91.1 cm³/mol. The minimum atomic E-state index is -0.747. The lowest BCUT2D eigenvalue weighted by Crippen LogP contribution is -2.68. The summed E-state index contributed by atoms with van der Waals surface area (Å²) in [5.41, 5.74) is -0.584. The Kier molecular flexibility index (Phi) is 3.91. The molecule has 2 aliphatic carbocycles. The van der Waals surface area contributed by atoms with Gasteiger partial charge in [0.25, 0.3) is 0 Å². The van der Waals surface area contributed by atoms with Crippen LogP contribution in [0.5, 0.6) is 0 Å². The monoisotopic (exact) mass is 353 g/mol. The van der Waals surface area contributed by atoms with E-state index in [1.54, 1.807) is 7.11 Å². The molecule has 0 radical (unpaired) electrons. The molecule has 4 atom stereocenters. The van der Waals surface area contributed by atoms with Crippen molar-refractivity contribution in [3.63, 3.8) is 0 Å². The van der Waals surface area contributed by atoms with Crippen molar-refractivity contribution in [2.24, 2.45) is 11.8 Å². The van der Waals surface area contributed by atoms with E-state index in [0.29, 0.717) is 25.0 Å². The molecule has 2 heterocycles. The molecule has 4 rings (SSSR count). The van der Waals surface area contributed by atoms with Gasteiger partial charge in [0.2, 0.25) is 0 Å².